The average molecular weight is 551 g/mol. The van der Waals surface area contributed by atoms with Gasteiger partial charge in [0.15, 0.2) is 11.6 Å². The predicted octanol–water partition coefficient (Wildman–Crippen LogP) is 6.03. The van der Waals surface area contributed by atoms with Crippen LogP contribution in [0.5, 0.6) is 0 Å². The fourth-order valence-corrected chi connectivity index (χ4v) is 6.11. The molecule has 1 saturated heterocycles. The number of carbonyl (C=O) groups excluding carboxylic acids is 1. The van der Waals surface area contributed by atoms with Crippen LogP contribution >= 0.6 is 11.3 Å². The van der Waals surface area contributed by atoms with Gasteiger partial charge in [-0.25, -0.2) is 23.5 Å². The van der Waals surface area contributed by atoms with Crippen molar-refractivity contribution in [1.82, 2.24) is 15.0 Å². The third-order valence-electron chi connectivity index (χ3n) is 6.71. The molecule has 39 heavy (non-hydrogen) atoms. The van der Waals surface area contributed by atoms with Gasteiger partial charge in [0.2, 0.25) is 5.95 Å². The number of hydrogen-bond donors (Lipinski definition) is 1. The zero-order valence-corrected chi connectivity index (χ0v) is 22.3. The fraction of sp³-hybridized carbons (Fsp3) is 0.370. The Morgan fingerprint density at radius 3 is 2.64 bits per heavy atom. The topological polar surface area (TPSA) is 113 Å². The minimum atomic E-state index is -0.794. The van der Waals surface area contributed by atoms with Crippen LogP contribution in [0.2, 0.25) is 0 Å². The van der Waals surface area contributed by atoms with Crippen LogP contribution in [0.4, 0.5) is 24.5 Å². The summed E-state index contributed by atoms with van der Waals surface area (Å²) in [6.45, 7) is 7.04. The van der Waals surface area contributed by atoms with Crippen LogP contribution in [0.3, 0.4) is 0 Å². The lowest BCUT2D eigenvalue weighted by Crippen LogP contribution is -2.27. The summed E-state index contributed by atoms with van der Waals surface area (Å²) >= 11 is 0.865. The number of nitriles is 1. The first-order chi connectivity index (χ1) is 18.7. The molecule has 0 aliphatic carbocycles. The molecule has 4 aromatic rings. The van der Waals surface area contributed by atoms with Crippen LogP contribution in [0.25, 0.3) is 32.2 Å². The monoisotopic (exact) mass is 550 g/mol. The van der Waals surface area contributed by atoms with Crippen LogP contribution in [0.1, 0.15) is 50.3 Å². The van der Waals surface area contributed by atoms with Gasteiger partial charge in [0.1, 0.15) is 22.2 Å². The molecule has 9 nitrogen and oxygen atoms in total. The van der Waals surface area contributed by atoms with Crippen molar-refractivity contribution in [2.45, 2.75) is 52.4 Å². The van der Waals surface area contributed by atoms with Crippen LogP contribution in [-0.4, -0.2) is 39.7 Å². The summed E-state index contributed by atoms with van der Waals surface area (Å²) in [5.41, 5.74) is 0.768. The van der Waals surface area contributed by atoms with Crippen molar-refractivity contribution in [1.29, 1.82) is 5.26 Å². The molecule has 0 bridgehead atoms. The molecule has 3 aromatic heterocycles. The summed E-state index contributed by atoms with van der Waals surface area (Å²) in [5, 5.41) is 13.4. The van der Waals surface area contributed by atoms with E-state index in [9.17, 15) is 10.1 Å². The van der Waals surface area contributed by atoms with Gasteiger partial charge >= 0.3 is 6.09 Å². The molecular weight excluding hydrogens is 526 g/mol. The molecule has 2 aliphatic heterocycles. The molecule has 200 valence electrons. The lowest BCUT2D eigenvalue weighted by Gasteiger charge is -2.19. The van der Waals surface area contributed by atoms with E-state index in [4.69, 9.17) is 9.47 Å². The molecule has 0 unspecified atom stereocenters. The second-order valence-corrected chi connectivity index (χ2v) is 11.5. The molecule has 0 radical (unpaired) electrons. The Bertz CT molecular complexity index is 1700. The van der Waals surface area contributed by atoms with Crippen molar-refractivity contribution in [2.75, 3.05) is 23.3 Å². The number of halogens is 2. The van der Waals surface area contributed by atoms with E-state index in [1.165, 1.54) is 0 Å². The Labute approximate surface area is 226 Å². The number of anilines is 2. The number of thiophene rings is 1. The van der Waals surface area contributed by atoms with Crippen LogP contribution < -0.4 is 10.2 Å². The van der Waals surface area contributed by atoms with Crippen molar-refractivity contribution in [3.05, 3.63) is 40.7 Å². The maximum Gasteiger partial charge on any atom is 0.412 e. The van der Waals surface area contributed by atoms with E-state index in [2.05, 4.69) is 20.3 Å². The van der Waals surface area contributed by atoms with Crippen LogP contribution in [0, 0.1) is 23.0 Å². The van der Waals surface area contributed by atoms with E-state index in [0.717, 1.165) is 49.0 Å². The molecule has 5 heterocycles. The standard InChI is InChI=1S/C27H24F2N6O3S/c1-27(2,3)38-26(36)34-24-13(8-30)19-22(31-10-17(28)23(19)39-24)18-16-12-37-11-15(16)14-9-32-25(33-21(14)20(18)29)35-6-4-5-7-35/h9-10H,4-7,11-12H2,1-3H3,(H,34,36). The minimum Gasteiger partial charge on any atom is -0.444 e. The van der Waals surface area contributed by atoms with Gasteiger partial charge in [0, 0.05) is 35.6 Å². The summed E-state index contributed by atoms with van der Waals surface area (Å²) in [7, 11) is 0. The molecule has 0 atom stereocenters. The molecule has 2 aliphatic rings. The number of pyridine rings is 1. The lowest BCUT2D eigenvalue weighted by atomic mass is 9.94. The highest BCUT2D eigenvalue weighted by atomic mass is 32.1. The van der Waals surface area contributed by atoms with E-state index in [1.54, 1.807) is 27.0 Å². The summed E-state index contributed by atoms with van der Waals surface area (Å²) in [6.07, 6.45) is 3.85. The van der Waals surface area contributed by atoms with E-state index < -0.39 is 23.3 Å². The van der Waals surface area contributed by atoms with Gasteiger partial charge in [-0.3, -0.25) is 10.3 Å². The van der Waals surface area contributed by atoms with Crippen molar-refractivity contribution in [3.63, 3.8) is 0 Å². The van der Waals surface area contributed by atoms with Crippen molar-refractivity contribution < 1.29 is 23.0 Å². The van der Waals surface area contributed by atoms with Gasteiger partial charge in [0.05, 0.1) is 35.4 Å². The van der Waals surface area contributed by atoms with Gasteiger partial charge in [-0.15, -0.1) is 11.3 Å². The summed E-state index contributed by atoms with van der Waals surface area (Å²) in [6, 6.07) is 2.04. The number of hydrogen-bond acceptors (Lipinski definition) is 9. The second-order valence-electron chi connectivity index (χ2n) is 10.5. The maximum absolute atomic E-state index is 16.5. The van der Waals surface area contributed by atoms with E-state index in [1.807, 2.05) is 11.0 Å². The van der Waals surface area contributed by atoms with E-state index in [-0.39, 0.29) is 50.6 Å². The number of benzene rings is 1. The highest BCUT2D eigenvalue weighted by Crippen LogP contribution is 2.45. The molecular formula is C27H24F2N6O3S. The Morgan fingerprint density at radius 1 is 1.18 bits per heavy atom. The van der Waals surface area contributed by atoms with Gasteiger partial charge in [-0.2, -0.15) is 5.26 Å². The van der Waals surface area contributed by atoms with Gasteiger partial charge in [-0.1, -0.05) is 0 Å². The van der Waals surface area contributed by atoms with Crippen LogP contribution in [0.15, 0.2) is 12.4 Å². The molecule has 6 rings (SSSR count). The number of amides is 1. The zero-order valence-electron chi connectivity index (χ0n) is 21.5. The molecule has 1 fully saturated rings. The van der Waals surface area contributed by atoms with Crippen LogP contribution in [-0.2, 0) is 22.7 Å². The quantitative estimate of drug-likeness (QED) is 0.329. The normalized spacial score (nSPS) is 15.1. The first kappa shape index (κ1) is 25.3. The van der Waals surface area contributed by atoms with E-state index >= 15 is 8.78 Å². The third-order valence-corrected chi connectivity index (χ3v) is 7.82. The van der Waals surface area contributed by atoms with Crippen molar-refractivity contribution in [2.24, 2.45) is 0 Å². The van der Waals surface area contributed by atoms with Gasteiger partial charge in [-0.05, 0) is 44.7 Å². The Kier molecular flexibility index (Phi) is 6.08. The first-order valence-electron chi connectivity index (χ1n) is 12.5. The second kappa shape index (κ2) is 9.36. The summed E-state index contributed by atoms with van der Waals surface area (Å²) < 4.78 is 42.6. The van der Waals surface area contributed by atoms with Crippen molar-refractivity contribution in [3.8, 4) is 17.3 Å². The highest BCUT2D eigenvalue weighted by molar-refractivity contribution is 7.23. The zero-order chi connectivity index (χ0) is 27.5. The SMILES string of the molecule is CC(C)(C)OC(=O)Nc1sc2c(F)cnc(-c3c4c(c5cnc(N6CCCC6)nc5c3F)COC4)c2c1C#N. The summed E-state index contributed by atoms with van der Waals surface area (Å²) in [4.78, 5) is 27.8. The third kappa shape index (κ3) is 4.31. The maximum atomic E-state index is 16.5. The molecule has 0 saturated carbocycles. The fourth-order valence-electron chi connectivity index (χ4n) is 5.07. The molecule has 12 heteroatoms. The summed E-state index contributed by atoms with van der Waals surface area (Å²) in [5.74, 6) is -0.896. The Balaban J connectivity index is 1.57. The lowest BCUT2D eigenvalue weighted by molar-refractivity contribution is 0.0636. The van der Waals surface area contributed by atoms with Gasteiger partial charge < -0.3 is 14.4 Å². The van der Waals surface area contributed by atoms with Crippen molar-refractivity contribution >= 4 is 49.4 Å². The van der Waals surface area contributed by atoms with E-state index in [0.29, 0.717) is 16.9 Å². The first-order valence-corrected chi connectivity index (χ1v) is 13.3. The predicted molar refractivity (Wildman–Crippen MR) is 143 cm³/mol. The highest BCUT2D eigenvalue weighted by Gasteiger charge is 2.31. The average Bonchev–Trinajstić information content (AvgIpc) is 3.64. The smallest absolute Gasteiger partial charge is 0.412 e. The molecule has 0 spiro atoms. The molecule has 1 aromatic carbocycles. The number of rotatable bonds is 3. The Morgan fingerprint density at radius 2 is 1.92 bits per heavy atom. The number of aromatic nitrogens is 3. The number of nitrogens with one attached hydrogen (secondary N) is 1. The minimum absolute atomic E-state index is 0.0320. The number of nitrogens with zero attached hydrogens (tertiary/aromatic N) is 5. The molecule has 1 N–H and O–H groups in total. The van der Waals surface area contributed by atoms with Gasteiger partial charge in [0.25, 0.3) is 0 Å². The number of fused-ring (bicyclic) bond motifs is 4. The molecule has 1 amide bonds. The largest absolute Gasteiger partial charge is 0.444 e. The Hall–Kier alpha value is -3.95. The number of ether oxygens (including phenoxy) is 2. The number of carbonyl (C=O) groups is 1.